The van der Waals surface area contributed by atoms with Crippen molar-refractivity contribution in [3.63, 3.8) is 0 Å². The molecule has 0 saturated carbocycles. The van der Waals surface area contributed by atoms with Gasteiger partial charge in [0.1, 0.15) is 5.56 Å². The van der Waals surface area contributed by atoms with E-state index in [-0.39, 0.29) is 9.76 Å². The van der Waals surface area contributed by atoms with Gasteiger partial charge in [0, 0.05) is 6.07 Å². The molecule has 17 heavy (non-hydrogen) atoms. The number of carboxylic acid groups (broad SMARTS) is 1. The molecule has 1 rings (SSSR count). The van der Waals surface area contributed by atoms with Gasteiger partial charge in [0.15, 0.2) is 0 Å². The Morgan fingerprint density at radius 3 is 2.53 bits per heavy atom. The van der Waals surface area contributed by atoms with E-state index in [1.807, 2.05) is 4.72 Å². The lowest BCUT2D eigenvalue weighted by Gasteiger charge is -2.09. The molecule has 0 aliphatic carbocycles. The van der Waals surface area contributed by atoms with Crippen LogP contribution in [0.15, 0.2) is 22.2 Å². The Balaban J connectivity index is 3.69. The molecule has 1 heterocycles. The molecule has 0 fully saturated rings. The molecule has 0 bridgehead atoms. The number of sulfonamides is 1. The molecule has 1 aromatic rings. The lowest BCUT2D eigenvalue weighted by molar-refractivity contribution is -0.685. The van der Waals surface area contributed by atoms with Gasteiger partial charge in [0.05, 0.1) is 0 Å². The summed E-state index contributed by atoms with van der Waals surface area (Å²) in [5.74, 6) is -1.48. The van der Waals surface area contributed by atoms with E-state index in [2.05, 4.69) is 0 Å². The molecule has 94 valence electrons. The standard InChI is InChI=1S/C8H10N2O5S2/c1-9-17(14,15)7-5(8(11)12)3-4-6(16-2)10(7)13/h3-4,9H,1-2H3,(H,11,12). The van der Waals surface area contributed by atoms with Crippen LogP contribution in [0.4, 0.5) is 0 Å². The molecule has 0 amide bonds. The summed E-state index contributed by atoms with van der Waals surface area (Å²) in [4.78, 5) is 10.9. The second kappa shape index (κ2) is 4.90. The Bertz CT molecular complexity index is 555. The highest BCUT2D eigenvalue weighted by Gasteiger charge is 2.32. The van der Waals surface area contributed by atoms with Crippen LogP contribution in [-0.2, 0) is 10.0 Å². The summed E-state index contributed by atoms with van der Waals surface area (Å²) in [7, 11) is -3.03. The highest BCUT2D eigenvalue weighted by molar-refractivity contribution is 7.98. The molecular weight excluding hydrogens is 268 g/mol. The molecule has 1 aromatic heterocycles. The van der Waals surface area contributed by atoms with Crippen molar-refractivity contribution < 1.29 is 23.0 Å². The molecule has 0 radical (unpaired) electrons. The summed E-state index contributed by atoms with van der Waals surface area (Å²) in [5.41, 5.74) is -0.563. The van der Waals surface area contributed by atoms with E-state index in [0.29, 0.717) is 0 Å². The molecular formula is C8H10N2O5S2. The van der Waals surface area contributed by atoms with Gasteiger partial charge in [0.25, 0.3) is 5.03 Å². The third-order valence-electron chi connectivity index (χ3n) is 1.97. The van der Waals surface area contributed by atoms with Gasteiger partial charge in [-0.3, -0.25) is 0 Å². The molecule has 2 N–H and O–H groups in total. The second-order valence-corrected chi connectivity index (χ2v) is 5.53. The van der Waals surface area contributed by atoms with Gasteiger partial charge >= 0.3 is 21.0 Å². The van der Waals surface area contributed by atoms with E-state index in [1.54, 1.807) is 6.26 Å². The van der Waals surface area contributed by atoms with Crippen molar-refractivity contribution in [3.05, 3.63) is 22.9 Å². The fourth-order valence-electron chi connectivity index (χ4n) is 1.17. The Morgan fingerprint density at radius 1 is 1.53 bits per heavy atom. The Kier molecular flexibility index (Phi) is 3.96. The fourth-order valence-corrected chi connectivity index (χ4v) is 2.64. The topological polar surface area (TPSA) is 110 Å². The first-order valence-corrected chi connectivity index (χ1v) is 7.03. The van der Waals surface area contributed by atoms with Gasteiger partial charge < -0.3 is 10.3 Å². The maximum Gasteiger partial charge on any atom is 0.343 e. The third-order valence-corrected chi connectivity index (χ3v) is 4.12. The molecule has 0 saturated heterocycles. The van der Waals surface area contributed by atoms with Gasteiger partial charge in [-0.05, 0) is 19.4 Å². The van der Waals surface area contributed by atoms with Crippen LogP contribution in [0, 0.1) is 5.21 Å². The first-order chi connectivity index (χ1) is 7.85. The predicted octanol–water partition coefficient (Wildman–Crippen LogP) is -0.352. The van der Waals surface area contributed by atoms with Gasteiger partial charge in [-0.2, -0.15) is 0 Å². The van der Waals surface area contributed by atoms with Crippen LogP contribution >= 0.6 is 11.8 Å². The smallest absolute Gasteiger partial charge is 0.343 e. The van der Waals surface area contributed by atoms with Crippen LogP contribution in [0.25, 0.3) is 0 Å². The fraction of sp³-hybridized carbons (Fsp3) is 0.250. The van der Waals surface area contributed by atoms with E-state index >= 15 is 0 Å². The summed E-state index contributed by atoms with van der Waals surface area (Å²) in [5, 5.41) is 19.9. The zero-order chi connectivity index (χ0) is 13.2. The first-order valence-electron chi connectivity index (χ1n) is 4.32. The number of pyridine rings is 1. The maximum absolute atomic E-state index is 11.7. The summed E-state index contributed by atoms with van der Waals surface area (Å²) < 4.78 is 25.2. The lowest BCUT2D eigenvalue weighted by Crippen LogP contribution is -2.41. The molecule has 9 heteroatoms. The van der Waals surface area contributed by atoms with Crippen molar-refractivity contribution in [2.75, 3.05) is 13.3 Å². The average Bonchev–Trinajstić information content (AvgIpc) is 2.28. The number of rotatable bonds is 4. The third kappa shape index (κ3) is 2.51. The molecule has 0 unspecified atom stereocenters. The quantitative estimate of drug-likeness (QED) is 0.442. The molecule has 7 nitrogen and oxygen atoms in total. The largest absolute Gasteiger partial charge is 0.617 e. The van der Waals surface area contributed by atoms with Crippen molar-refractivity contribution in [2.45, 2.75) is 10.1 Å². The minimum Gasteiger partial charge on any atom is -0.617 e. The van der Waals surface area contributed by atoms with Crippen LogP contribution in [0.1, 0.15) is 10.4 Å². The van der Waals surface area contributed by atoms with Gasteiger partial charge in [0.2, 0.25) is 0 Å². The maximum atomic E-state index is 11.7. The zero-order valence-electron chi connectivity index (χ0n) is 9.00. The van der Waals surface area contributed by atoms with Crippen molar-refractivity contribution in [2.24, 2.45) is 0 Å². The second-order valence-electron chi connectivity index (χ2n) is 2.90. The monoisotopic (exact) mass is 278 g/mol. The van der Waals surface area contributed by atoms with Crippen LogP contribution in [-0.4, -0.2) is 32.8 Å². The number of nitrogens with one attached hydrogen (secondary N) is 1. The number of aromatic carboxylic acids is 1. The van der Waals surface area contributed by atoms with E-state index in [9.17, 15) is 18.4 Å². The number of carbonyl (C=O) groups is 1. The van der Waals surface area contributed by atoms with Gasteiger partial charge in [-0.15, -0.1) is 4.73 Å². The molecule has 0 aliphatic rings. The number of carboxylic acids is 1. The molecule has 0 aliphatic heterocycles. The minimum atomic E-state index is -4.13. The van der Waals surface area contributed by atoms with E-state index in [1.165, 1.54) is 6.07 Å². The predicted molar refractivity (Wildman–Crippen MR) is 60.4 cm³/mol. The number of nitrogens with zero attached hydrogens (tertiary/aromatic N) is 1. The Labute approximate surface area is 102 Å². The first kappa shape index (κ1) is 13.7. The number of hydrogen-bond acceptors (Lipinski definition) is 5. The van der Waals surface area contributed by atoms with E-state index in [0.717, 1.165) is 24.9 Å². The number of hydrogen-bond donors (Lipinski definition) is 2. The number of thioether (sulfide) groups is 1. The summed E-state index contributed by atoms with van der Waals surface area (Å²) in [6, 6.07) is 2.35. The van der Waals surface area contributed by atoms with Crippen LogP contribution < -0.4 is 9.45 Å². The van der Waals surface area contributed by atoms with Gasteiger partial charge in [-0.25, -0.2) is 17.9 Å². The Hall–Kier alpha value is -1.32. The minimum absolute atomic E-state index is 0.0972. The Morgan fingerprint density at radius 2 is 2.12 bits per heavy atom. The highest BCUT2D eigenvalue weighted by Crippen LogP contribution is 2.16. The zero-order valence-corrected chi connectivity index (χ0v) is 10.6. The summed E-state index contributed by atoms with van der Waals surface area (Å²) >= 11 is 1.02. The average molecular weight is 278 g/mol. The van der Waals surface area contributed by atoms with Crippen LogP contribution in [0.3, 0.4) is 0 Å². The van der Waals surface area contributed by atoms with Gasteiger partial charge in [-0.1, -0.05) is 11.8 Å². The molecule has 0 atom stereocenters. The van der Waals surface area contributed by atoms with Crippen molar-refractivity contribution >= 4 is 27.8 Å². The van der Waals surface area contributed by atoms with Crippen LogP contribution in [0.2, 0.25) is 0 Å². The normalized spacial score (nSPS) is 11.4. The molecule has 0 aromatic carbocycles. The summed E-state index contributed by atoms with van der Waals surface area (Å²) in [6.45, 7) is 0. The SMILES string of the molecule is CNS(=O)(=O)c1c(C(=O)O)ccc(SC)[n+]1[O-]. The molecule has 0 spiro atoms. The van der Waals surface area contributed by atoms with E-state index < -0.39 is 26.6 Å². The van der Waals surface area contributed by atoms with Crippen molar-refractivity contribution in [1.82, 2.24) is 4.72 Å². The highest BCUT2D eigenvalue weighted by atomic mass is 32.2. The lowest BCUT2D eigenvalue weighted by atomic mass is 10.3. The van der Waals surface area contributed by atoms with E-state index in [4.69, 9.17) is 5.11 Å². The number of aromatic nitrogens is 1. The van der Waals surface area contributed by atoms with Crippen molar-refractivity contribution in [1.29, 1.82) is 0 Å². The van der Waals surface area contributed by atoms with Crippen LogP contribution in [0.5, 0.6) is 0 Å². The van der Waals surface area contributed by atoms with Crippen molar-refractivity contribution in [3.8, 4) is 0 Å². The summed E-state index contributed by atoms with van der Waals surface area (Å²) in [6.07, 6.45) is 1.58.